The SMILES string of the molecule is COc1ccc2nccc(C(=O)CCCCC3CN(c4ccc5c(c4)OCCO5)C(=O)O3)c2n1. The Labute approximate surface area is 196 Å². The third-order valence-electron chi connectivity index (χ3n) is 5.96. The number of nitrogens with zero attached hydrogens (tertiary/aromatic N) is 3. The molecule has 0 spiro atoms. The van der Waals surface area contributed by atoms with E-state index in [9.17, 15) is 9.59 Å². The molecule has 1 saturated heterocycles. The molecule has 0 bridgehead atoms. The molecule has 5 rings (SSSR count). The predicted molar refractivity (Wildman–Crippen MR) is 124 cm³/mol. The molecule has 0 radical (unpaired) electrons. The lowest BCUT2D eigenvalue weighted by atomic mass is 10.0. The maximum absolute atomic E-state index is 12.8. The van der Waals surface area contributed by atoms with E-state index in [1.165, 1.54) is 7.11 Å². The molecule has 0 N–H and O–H groups in total. The van der Waals surface area contributed by atoms with Crippen molar-refractivity contribution in [1.82, 2.24) is 9.97 Å². The molecule has 2 aromatic heterocycles. The number of pyridine rings is 2. The zero-order valence-electron chi connectivity index (χ0n) is 18.9. The fraction of sp³-hybridized carbons (Fsp3) is 0.360. The Morgan fingerprint density at radius 1 is 1.12 bits per heavy atom. The van der Waals surface area contributed by atoms with E-state index < -0.39 is 0 Å². The van der Waals surface area contributed by atoms with Gasteiger partial charge in [-0.3, -0.25) is 14.7 Å². The second-order valence-electron chi connectivity index (χ2n) is 8.19. The summed E-state index contributed by atoms with van der Waals surface area (Å²) in [5.74, 6) is 1.77. The van der Waals surface area contributed by atoms with Crippen LogP contribution in [0.1, 0.15) is 36.0 Å². The standard InChI is InChI=1S/C25H25N3O6/c1-31-23-9-7-19-24(27-23)18(10-11-26-19)20(29)5-3-2-4-17-15-28(25(30)34-17)16-6-8-21-22(14-16)33-13-12-32-21/h6-11,14,17H,2-5,12-13,15H2,1H3. The molecule has 1 amide bonds. The van der Waals surface area contributed by atoms with E-state index in [0.29, 0.717) is 73.0 Å². The van der Waals surface area contributed by atoms with Crippen molar-refractivity contribution < 1.29 is 28.5 Å². The van der Waals surface area contributed by atoms with Gasteiger partial charge < -0.3 is 18.9 Å². The molecule has 176 valence electrons. The number of aromatic nitrogens is 2. The van der Waals surface area contributed by atoms with Crippen LogP contribution in [0.4, 0.5) is 10.5 Å². The molecule has 9 heteroatoms. The maximum Gasteiger partial charge on any atom is 0.414 e. The summed E-state index contributed by atoms with van der Waals surface area (Å²) in [6.45, 7) is 1.47. The molecular weight excluding hydrogens is 438 g/mol. The monoisotopic (exact) mass is 463 g/mol. The number of carbonyl (C=O) groups is 2. The summed E-state index contributed by atoms with van der Waals surface area (Å²) in [6, 6.07) is 10.7. The Balaban J connectivity index is 1.15. The van der Waals surface area contributed by atoms with E-state index in [4.69, 9.17) is 18.9 Å². The van der Waals surface area contributed by atoms with E-state index in [1.54, 1.807) is 35.4 Å². The first-order valence-electron chi connectivity index (χ1n) is 11.3. The third-order valence-corrected chi connectivity index (χ3v) is 5.96. The van der Waals surface area contributed by atoms with Gasteiger partial charge in [-0.05, 0) is 43.5 Å². The second kappa shape index (κ2) is 9.54. The summed E-state index contributed by atoms with van der Waals surface area (Å²) in [6.07, 6.45) is 3.54. The van der Waals surface area contributed by atoms with Crippen molar-refractivity contribution in [3.05, 3.63) is 48.2 Å². The van der Waals surface area contributed by atoms with E-state index >= 15 is 0 Å². The first-order chi connectivity index (χ1) is 16.6. The van der Waals surface area contributed by atoms with Crippen LogP contribution in [0.5, 0.6) is 17.4 Å². The van der Waals surface area contributed by atoms with Gasteiger partial charge in [0.15, 0.2) is 17.3 Å². The number of methoxy groups -OCH3 is 1. The Bertz CT molecular complexity index is 1230. The average Bonchev–Trinajstić information content (AvgIpc) is 3.25. The summed E-state index contributed by atoms with van der Waals surface area (Å²) < 4.78 is 21.9. The van der Waals surface area contributed by atoms with E-state index in [-0.39, 0.29) is 18.0 Å². The molecule has 0 aliphatic carbocycles. The highest BCUT2D eigenvalue weighted by Crippen LogP contribution is 2.35. The smallest absolute Gasteiger partial charge is 0.414 e. The number of ether oxygens (including phenoxy) is 4. The number of amides is 1. The number of hydrogen-bond acceptors (Lipinski definition) is 8. The lowest BCUT2D eigenvalue weighted by Gasteiger charge is -2.21. The molecule has 2 aliphatic heterocycles. The fourth-order valence-corrected chi connectivity index (χ4v) is 4.22. The number of benzene rings is 1. The molecule has 4 heterocycles. The zero-order chi connectivity index (χ0) is 23.5. The minimum Gasteiger partial charge on any atom is -0.486 e. The number of anilines is 1. The van der Waals surface area contributed by atoms with Gasteiger partial charge in [-0.25, -0.2) is 9.78 Å². The highest BCUT2D eigenvalue weighted by Gasteiger charge is 2.32. The topological polar surface area (TPSA) is 100 Å². The Morgan fingerprint density at radius 3 is 2.82 bits per heavy atom. The molecule has 9 nitrogen and oxygen atoms in total. The van der Waals surface area contributed by atoms with E-state index in [1.807, 2.05) is 12.1 Å². The summed E-state index contributed by atoms with van der Waals surface area (Å²) >= 11 is 0. The van der Waals surface area contributed by atoms with Crippen molar-refractivity contribution in [3.8, 4) is 17.4 Å². The summed E-state index contributed by atoms with van der Waals surface area (Å²) in [5.41, 5.74) is 2.47. The van der Waals surface area contributed by atoms with Crippen LogP contribution in [-0.2, 0) is 4.74 Å². The Kier molecular flexibility index (Phi) is 6.16. The molecule has 1 atom stereocenters. The highest BCUT2D eigenvalue weighted by atomic mass is 16.6. The predicted octanol–water partition coefficient (Wildman–Crippen LogP) is 4.18. The number of unbranched alkanes of at least 4 members (excludes halogenated alkanes) is 1. The number of ketones is 1. The Morgan fingerprint density at radius 2 is 1.97 bits per heavy atom. The average molecular weight is 463 g/mol. The molecule has 3 aromatic rings. The number of cyclic esters (lactones) is 1. The first-order valence-corrected chi connectivity index (χ1v) is 11.3. The van der Waals surface area contributed by atoms with Crippen molar-refractivity contribution in [2.24, 2.45) is 0 Å². The largest absolute Gasteiger partial charge is 0.486 e. The van der Waals surface area contributed by atoms with Crippen LogP contribution >= 0.6 is 0 Å². The van der Waals surface area contributed by atoms with Gasteiger partial charge in [0.05, 0.1) is 24.9 Å². The number of hydrogen-bond donors (Lipinski definition) is 0. The van der Waals surface area contributed by atoms with Crippen LogP contribution in [0.25, 0.3) is 11.0 Å². The van der Waals surface area contributed by atoms with E-state index in [2.05, 4.69) is 9.97 Å². The summed E-state index contributed by atoms with van der Waals surface area (Å²) in [7, 11) is 1.54. The van der Waals surface area contributed by atoms with Crippen LogP contribution < -0.4 is 19.1 Å². The van der Waals surface area contributed by atoms with Crippen molar-refractivity contribution in [2.75, 3.05) is 31.8 Å². The van der Waals surface area contributed by atoms with Gasteiger partial charge in [0.2, 0.25) is 5.88 Å². The Hall–Kier alpha value is -3.88. The zero-order valence-corrected chi connectivity index (χ0v) is 18.9. The quantitative estimate of drug-likeness (QED) is 0.362. The van der Waals surface area contributed by atoms with E-state index in [0.717, 1.165) is 12.1 Å². The van der Waals surface area contributed by atoms with Crippen LogP contribution in [0.3, 0.4) is 0 Å². The van der Waals surface area contributed by atoms with Gasteiger partial charge >= 0.3 is 6.09 Å². The fourth-order valence-electron chi connectivity index (χ4n) is 4.22. The van der Waals surface area contributed by atoms with Gasteiger partial charge in [0.25, 0.3) is 0 Å². The summed E-state index contributed by atoms with van der Waals surface area (Å²) in [4.78, 5) is 35.5. The van der Waals surface area contributed by atoms with Gasteiger partial charge in [0.1, 0.15) is 24.8 Å². The lowest BCUT2D eigenvalue weighted by Crippen LogP contribution is -2.25. The molecule has 34 heavy (non-hydrogen) atoms. The van der Waals surface area contributed by atoms with Gasteiger partial charge in [-0.2, -0.15) is 0 Å². The molecule has 1 aromatic carbocycles. The molecule has 1 unspecified atom stereocenters. The van der Waals surface area contributed by atoms with Crippen molar-refractivity contribution in [1.29, 1.82) is 0 Å². The molecular formula is C25H25N3O6. The van der Waals surface area contributed by atoms with Gasteiger partial charge in [-0.1, -0.05) is 0 Å². The van der Waals surface area contributed by atoms with Crippen LogP contribution in [0, 0.1) is 0 Å². The van der Waals surface area contributed by atoms with Crippen molar-refractivity contribution >= 4 is 28.6 Å². The second-order valence-corrected chi connectivity index (χ2v) is 8.19. The van der Waals surface area contributed by atoms with Crippen LogP contribution in [0.15, 0.2) is 42.6 Å². The first kappa shape index (κ1) is 21.9. The van der Waals surface area contributed by atoms with Crippen LogP contribution in [-0.4, -0.2) is 54.8 Å². The highest BCUT2D eigenvalue weighted by molar-refractivity contribution is 6.05. The third kappa shape index (κ3) is 4.46. The summed E-state index contributed by atoms with van der Waals surface area (Å²) in [5, 5.41) is 0. The van der Waals surface area contributed by atoms with Gasteiger partial charge in [-0.15, -0.1) is 0 Å². The number of rotatable bonds is 8. The maximum atomic E-state index is 12.8. The van der Waals surface area contributed by atoms with Gasteiger partial charge in [0, 0.05) is 30.3 Å². The number of carbonyl (C=O) groups excluding carboxylic acids is 2. The minimum absolute atomic E-state index is 0.00877. The lowest BCUT2D eigenvalue weighted by molar-refractivity contribution is 0.0975. The molecule has 0 saturated carbocycles. The van der Waals surface area contributed by atoms with Crippen molar-refractivity contribution in [2.45, 2.75) is 31.8 Å². The normalized spacial score (nSPS) is 17.0. The number of fused-ring (bicyclic) bond motifs is 2. The molecule has 1 fully saturated rings. The minimum atomic E-state index is -0.374. The number of Topliss-reactive ketones (excluding diaryl/α,β-unsaturated/α-hetero) is 1. The van der Waals surface area contributed by atoms with Crippen molar-refractivity contribution in [3.63, 3.8) is 0 Å². The molecule has 2 aliphatic rings. The van der Waals surface area contributed by atoms with Crippen LogP contribution in [0.2, 0.25) is 0 Å².